The lowest BCUT2D eigenvalue weighted by Gasteiger charge is -2.10. The summed E-state index contributed by atoms with van der Waals surface area (Å²) in [6.45, 7) is 3.67. The number of halogens is 3. The second-order valence-electron chi connectivity index (χ2n) is 6.91. The van der Waals surface area contributed by atoms with E-state index >= 15 is 0 Å². The monoisotopic (exact) mass is 368 g/mol. The van der Waals surface area contributed by atoms with Crippen molar-refractivity contribution in [1.82, 2.24) is 0 Å². The van der Waals surface area contributed by atoms with E-state index in [1.54, 1.807) is 12.1 Å². The highest BCUT2D eigenvalue weighted by molar-refractivity contribution is 5.71. The van der Waals surface area contributed by atoms with Crippen molar-refractivity contribution < 1.29 is 13.2 Å². The molecule has 3 aromatic carbocycles. The Bertz CT molecular complexity index is 927. The number of hydrogen-bond donors (Lipinski definition) is 0. The maximum absolute atomic E-state index is 14.7. The SMILES string of the molecule is CCCCCc1ccc(-c2ccc(-c3ccc(C)c(F)c3F)cc2F)cc1. The summed E-state index contributed by atoms with van der Waals surface area (Å²) in [6.07, 6.45) is 4.56. The van der Waals surface area contributed by atoms with Crippen LogP contribution in [0.3, 0.4) is 0 Å². The average molecular weight is 368 g/mol. The summed E-state index contributed by atoms with van der Waals surface area (Å²) in [4.78, 5) is 0. The van der Waals surface area contributed by atoms with E-state index in [0.717, 1.165) is 18.4 Å². The summed E-state index contributed by atoms with van der Waals surface area (Å²) in [6, 6.07) is 15.3. The highest BCUT2D eigenvalue weighted by Crippen LogP contribution is 2.31. The molecule has 0 nitrogen and oxygen atoms in total. The van der Waals surface area contributed by atoms with Crippen molar-refractivity contribution in [3.63, 3.8) is 0 Å². The Morgan fingerprint density at radius 1 is 0.704 bits per heavy atom. The number of benzene rings is 3. The van der Waals surface area contributed by atoms with E-state index in [1.807, 2.05) is 24.3 Å². The quantitative estimate of drug-likeness (QED) is 0.396. The summed E-state index contributed by atoms with van der Waals surface area (Å²) in [5.41, 5.74) is 3.08. The molecule has 0 saturated carbocycles. The molecular formula is C24H23F3. The maximum Gasteiger partial charge on any atom is 0.166 e. The summed E-state index contributed by atoms with van der Waals surface area (Å²) in [5, 5.41) is 0. The van der Waals surface area contributed by atoms with Crippen LogP contribution in [0, 0.1) is 24.4 Å². The van der Waals surface area contributed by atoms with Crippen LogP contribution in [0.1, 0.15) is 37.3 Å². The first-order chi connectivity index (χ1) is 13.0. The molecule has 0 aliphatic carbocycles. The van der Waals surface area contributed by atoms with Gasteiger partial charge in [-0.2, -0.15) is 0 Å². The van der Waals surface area contributed by atoms with Gasteiger partial charge in [0.25, 0.3) is 0 Å². The molecule has 0 amide bonds. The van der Waals surface area contributed by atoms with Crippen LogP contribution >= 0.6 is 0 Å². The van der Waals surface area contributed by atoms with Gasteiger partial charge in [-0.3, -0.25) is 0 Å². The second kappa shape index (κ2) is 8.43. The van der Waals surface area contributed by atoms with Crippen LogP contribution in [0.4, 0.5) is 13.2 Å². The Morgan fingerprint density at radius 3 is 2.04 bits per heavy atom. The Kier molecular flexibility index (Phi) is 6.00. The lowest BCUT2D eigenvalue weighted by Crippen LogP contribution is -1.94. The van der Waals surface area contributed by atoms with Crippen LogP contribution in [-0.2, 0) is 6.42 Å². The van der Waals surface area contributed by atoms with Gasteiger partial charge in [-0.15, -0.1) is 0 Å². The topological polar surface area (TPSA) is 0 Å². The molecule has 0 aliphatic heterocycles. The molecule has 3 aromatic rings. The van der Waals surface area contributed by atoms with Crippen LogP contribution in [0.15, 0.2) is 54.6 Å². The minimum absolute atomic E-state index is 0.0647. The van der Waals surface area contributed by atoms with Gasteiger partial charge in [0.15, 0.2) is 11.6 Å². The van der Waals surface area contributed by atoms with Crippen molar-refractivity contribution in [3.05, 3.63) is 83.2 Å². The third-order valence-electron chi connectivity index (χ3n) is 4.89. The second-order valence-corrected chi connectivity index (χ2v) is 6.91. The average Bonchev–Trinajstić information content (AvgIpc) is 2.67. The Labute approximate surface area is 158 Å². The van der Waals surface area contributed by atoms with Gasteiger partial charge in [0.05, 0.1) is 0 Å². The first-order valence-corrected chi connectivity index (χ1v) is 9.35. The van der Waals surface area contributed by atoms with Crippen molar-refractivity contribution in [2.24, 2.45) is 0 Å². The smallest absolute Gasteiger partial charge is 0.166 e. The number of aryl methyl sites for hydroxylation is 2. The van der Waals surface area contributed by atoms with E-state index in [2.05, 4.69) is 6.92 Å². The molecule has 3 heteroatoms. The molecular weight excluding hydrogens is 345 g/mol. The van der Waals surface area contributed by atoms with Gasteiger partial charge < -0.3 is 0 Å². The molecule has 0 fully saturated rings. The van der Waals surface area contributed by atoms with Gasteiger partial charge in [-0.05, 0) is 48.1 Å². The first-order valence-electron chi connectivity index (χ1n) is 9.35. The molecule has 0 radical (unpaired) electrons. The third kappa shape index (κ3) is 4.24. The lowest BCUT2D eigenvalue weighted by atomic mass is 9.97. The summed E-state index contributed by atoms with van der Waals surface area (Å²) < 4.78 is 42.6. The molecule has 140 valence electrons. The molecule has 0 aliphatic rings. The molecule has 0 heterocycles. The normalized spacial score (nSPS) is 11.0. The maximum atomic E-state index is 14.7. The zero-order valence-corrected chi connectivity index (χ0v) is 15.7. The van der Waals surface area contributed by atoms with Gasteiger partial charge in [-0.1, -0.05) is 68.3 Å². The van der Waals surface area contributed by atoms with E-state index < -0.39 is 17.5 Å². The minimum Gasteiger partial charge on any atom is -0.206 e. The lowest BCUT2D eigenvalue weighted by molar-refractivity contribution is 0.505. The largest absolute Gasteiger partial charge is 0.206 e. The highest BCUT2D eigenvalue weighted by atomic mass is 19.2. The van der Waals surface area contributed by atoms with Crippen molar-refractivity contribution in [2.75, 3.05) is 0 Å². The molecule has 3 rings (SSSR count). The molecule has 0 unspecified atom stereocenters. The van der Waals surface area contributed by atoms with Crippen molar-refractivity contribution in [1.29, 1.82) is 0 Å². The van der Waals surface area contributed by atoms with E-state index in [0.29, 0.717) is 11.1 Å². The van der Waals surface area contributed by atoms with E-state index in [4.69, 9.17) is 0 Å². The molecule has 0 spiro atoms. The van der Waals surface area contributed by atoms with Gasteiger partial charge in [-0.25, -0.2) is 13.2 Å². The zero-order valence-electron chi connectivity index (χ0n) is 15.7. The highest BCUT2D eigenvalue weighted by Gasteiger charge is 2.14. The fourth-order valence-corrected chi connectivity index (χ4v) is 3.22. The Hall–Kier alpha value is -2.55. The van der Waals surface area contributed by atoms with Crippen LogP contribution in [0.5, 0.6) is 0 Å². The fourth-order valence-electron chi connectivity index (χ4n) is 3.22. The zero-order chi connectivity index (χ0) is 19.4. The van der Waals surface area contributed by atoms with Crippen molar-refractivity contribution in [2.45, 2.75) is 39.5 Å². The summed E-state index contributed by atoms with van der Waals surface area (Å²) in [5.74, 6) is -2.29. The predicted octanol–water partition coefficient (Wildman–Crippen LogP) is 7.48. The number of unbranched alkanes of at least 4 members (excludes halogenated alkanes) is 2. The number of hydrogen-bond acceptors (Lipinski definition) is 0. The van der Waals surface area contributed by atoms with Crippen LogP contribution in [-0.4, -0.2) is 0 Å². The number of rotatable bonds is 6. The molecule has 27 heavy (non-hydrogen) atoms. The predicted molar refractivity (Wildman–Crippen MR) is 105 cm³/mol. The molecule has 0 aromatic heterocycles. The molecule has 0 atom stereocenters. The molecule has 0 saturated heterocycles. The fraction of sp³-hybridized carbons (Fsp3) is 0.250. The van der Waals surface area contributed by atoms with Gasteiger partial charge in [0.1, 0.15) is 5.82 Å². The van der Waals surface area contributed by atoms with Gasteiger partial charge in [0.2, 0.25) is 0 Å². The third-order valence-corrected chi connectivity index (χ3v) is 4.89. The van der Waals surface area contributed by atoms with E-state index in [-0.39, 0.29) is 11.1 Å². The minimum atomic E-state index is -0.946. The van der Waals surface area contributed by atoms with Crippen molar-refractivity contribution >= 4 is 0 Å². The molecule has 0 bridgehead atoms. The van der Waals surface area contributed by atoms with Crippen LogP contribution in [0.25, 0.3) is 22.3 Å². The summed E-state index contributed by atoms with van der Waals surface area (Å²) >= 11 is 0. The van der Waals surface area contributed by atoms with E-state index in [1.165, 1.54) is 43.5 Å². The summed E-state index contributed by atoms with van der Waals surface area (Å²) in [7, 11) is 0. The molecule has 0 N–H and O–H groups in total. The Balaban J connectivity index is 1.86. The van der Waals surface area contributed by atoms with Crippen LogP contribution < -0.4 is 0 Å². The van der Waals surface area contributed by atoms with Crippen molar-refractivity contribution in [3.8, 4) is 22.3 Å². The van der Waals surface area contributed by atoms with E-state index in [9.17, 15) is 13.2 Å². The Morgan fingerprint density at radius 2 is 1.37 bits per heavy atom. The standard InChI is InChI=1S/C24H23F3/c1-3-4-5-6-17-8-10-18(11-9-17)20-14-12-19(15-22(20)25)21-13-7-16(2)23(26)24(21)27/h7-15H,3-6H2,1-2H3. The van der Waals surface area contributed by atoms with Gasteiger partial charge in [0, 0.05) is 11.1 Å². The van der Waals surface area contributed by atoms with Gasteiger partial charge >= 0.3 is 0 Å². The first kappa shape index (κ1) is 19.2. The van der Waals surface area contributed by atoms with Crippen LogP contribution in [0.2, 0.25) is 0 Å².